The van der Waals surface area contributed by atoms with Crippen molar-refractivity contribution >= 4 is 15.9 Å². The van der Waals surface area contributed by atoms with E-state index in [-0.39, 0.29) is 5.54 Å². The maximum absolute atomic E-state index is 4.36. The summed E-state index contributed by atoms with van der Waals surface area (Å²) in [4.78, 5) is 0. The highest BCUT2D eigenvalue weighted by Gasteiger charge is 2.16. The van der Waals surface area contributed by atoms with Crippen molar-refractivity contribution in [1.82, 2.24) is 15.1 Å². The average molecular weight is 302 g/mol. The Hall–Kier alpha value is -0.350. The Bertz CT molecular complexity index is 352. The van der Waals surface area contributed by atoms with E-state index in [2.05, 4.69) is 65.6 Å². The summed E-state index contributed by atoms with van der Waals surface area (Å²) in [5.74, 6) is 0.515. The SMILES string of the molecule is CCn1ncc(Br)c1C(C)CCNC(C)(C)C. The summed E-state index contributed by atoms with van der Waals surface area (Å²) in [6.45, 7) is 12.9. The molecule has 4 heteroatoms. The highest BCUT2D eigenvalue weighted by molar-refractivity contribution is 9.10. The number of rotatable bonds is 5. The second kappa shape index (κ2) is 6.01. The van der Waals surface area contributed by atoms with E-state index in [0.717, 1.165) is 24.0 Å². The largest absolute Gasteiger partial charge is 0.312 e. The predicted octanol–water partition coefficient (Wildman–Crippen LogP) is 3.55. The van der Waals surface area contributed by atoms with Gasteiger partial charge in [0.05, 0.1) is 16.4 Å². The van der Waals surface area contributed by atoms with Crippen molar-refractivity contribution in [2.45, 2.75) is 59.0 Å². The monoisotopic (exact) mass is 301 g/mol. The molecule has 17 heavy (non-hydrogen) atoms. The zero-order valence-corrected chi connectivity index (χ0v) is 13.1. The molecule has 0 amide bonds. The van der Waals surface area contributed by atoms with Gasteiger partial charge in [-0.1, -0.05) is 6.92 Å². The summed E-state index contributed by atoms with van der Waals surface area (Å²) >= 11 is 3.59. The second-order valence-corrected chi connectivity index (χ2v) is 6.41. The zero-order chi connectivity index (χ0) is 13.1. The van der Waals surface area contributed by atoms with Gasteiger partial charge in [0.2, 0.25) is 0 Å². The molecule has 0 radical (unpaired) electrons. The minimum absolute atomic E-state index is 0.196. The molecule has 1 aromatic rings. The van der Waals surface area contributed by atoms with Gasteiger partial charge in [0.15, 0.2) is 0 Å². The van der Waals surface area contributed by atoms with Crippen LogP contribution in [0.1, 0.15) is 52.7 Å². The average Bonchev–Trinajstić information content (AvgIpc) is 2.57. The van der Waals surface area contributed by atoms with E-state index in [1.807, 2.05) is 6.20 Å². The first-order valence-corrected chi connectivity index (χ1v) is 7.10. The number of halogens is 1. The van der Waals surface area contributed by atoms with Gasteiger partial charge in [0.25, 0.3) is 0 Å². The predicted molar refractivity (Wildman–Crippen MR) is 76.4 cm³/mol. The minimum Gasteiger partial charge on any atom is -0.312 e. The van der Waals surface area contributed by atoms with E-state index < -0.39 is 0 Å². The van der Waals surface area contributed by atoms with Crippen LogP contribution in [0.3, 0.4) is 0 Å². The molecular formula is C13H24BrN3. The van der Waals surface area contributed by atoms with Gasteiger partial charge in [-0.25, -0.2) is 0 Å². The topological polar surface area (TPSA) is 29.9 Å². The van der Waals surface area contributed by atoms with Crippen LogP contribution in [0, 0.1) is 0 Å². The van der Waals surface area contributed by atoms with Crippen LogP contribution >= 0.6 is 15.9 Å². The Balaban J connectivity index is 2.57. The van der Waals surface area contributed by atoms with E-state index in [1.54, 1.807) is 0 Å². The summed E-state index contributed by atoms with van der Waals surface area (Å²) in [6, 6.07) is 0. The van der Waals surface area contributed by atoms with Crippen molar-refractivity contribution in [2.24, 2.45) is 0 Å². The molecule has 0 saturated carbocycles. The van der Waals surface area contributed by atoms with Crippen LogP contribution in [0.15, 0.2) is 10.7 Å². The fourth-order valence-electron chi connectivity index (χ4n) is 1.91. The standard InChI is InChI=1S/C13H24BrN3/c1-6-17-12(11(14)9-16-17)10(2)7-8-15-13(3,4)5/h9-10,15H,6-8H2,1-5H3. The van der Waals surface area contributed by atoms with Crippen LogP contribution in [-0.4, -0.2) is 21.9 Å². The van der Waals surface area contributed by atoms with Gasteiger partial charge in [-0.2, -0.15) is 5.10 Å². The van der Waals surface area contributed by atoms with Gasteiger partial charge in [-0.3, -0.25) is 4.68 Å². The van der Waals surface area contributed by atoms with Crippen molar-refractivity contribution < 1.29 is 0 Å². The highest BCUT2D eigenvalue weighted by atomic mass is 79.9. The van der Waals surface area contributed by atoms with Crippen molar-refractivity contribution in [2.75, 3.05) is 6.54 Å². The molecule has 0 aliphatic carbocycles. The van der Waals surface area contributed by atoms with E-state index in [4.69, 9.17) is 0 Å². The molecule has 1 aromatic heterocycles. The molecule has 1 rings (SSSR count). The molecule has 1 N–H and O–H groups in total. The molecule has 0 aliphatic rings. The van der Waals surface area contributed by atoms with Crippen LogP contribution in [0.4, 0.5) is 0 Å². The third-order valence-corrected chi connectivity index (χ3v) is 3.44. The van der Waals surface area contributed by atoms with E-state index >= 15 is 0 Å². The zero-order valence-electron chi connectivity index (χ0n) is 11.5. The summed E-state index contributed by atoms with van der Waals surface area (Å²) in [6.07, 6.45) is 3.02. The number of aromatic nitrogens is 2. The number of aryl methyl sites for hydroxylation is 1. The fourth-order valence-corrected chi connectivity index (χ4v) is 2.60. The third kappa shape index (κ3) is 4.43. The van der Waals surface area contributed by atoms with Gasteiger partial charge in [0, 0.05) is 18.0 Å². The van der Waals surface area contributed by atoms with Crippen molar-refractivity contribution in [3.05, 3.63) is 16.4 Å². The molecule has 0 fully saturated rings. The Morgan fingerprint density at radius 3 is 2.65 bits per heavy atom. The number of hydrogen-bond acceptors (Lipinski definition) is 2. The van der Waals surface area contributed by atoms with Crippen molar-refractivity contribution in [1.29, 1.82) is 0 Å². The third-order valence-electron chi connectivity index (χ3n) is 2.83. The van der Waals surface area contributed by atoms with E-state index in [0.29, 0.717) is 5.92 Å². The second-order valence-electron chi connectivity index (χ2n) is 5.56. The van der Waals surface area contributed by atoms with Crippen LogP contribution < -0.4 is 5.32 Å². The first kappa shape index (κ1) is 14.7. The minimum atomic E-state index is 0.196. The number of hydrogen-bond donors (Lipinski definition) is 1. The van der Waals surface area contributed by atoms with Crippen molar-refractivity contribution in [3.63, 3.8) is 0 Å². The van der Waals surface area contributed by atoms with Crippen LogP contribution in [0.5, 0.6) is 0 Å². The molecular weight excluding hydrogens is 278 g/mol. The lowest BCUT2D eigenvalue weighted by Crippen LogP contribution is -2.36. The lowest BCUT2D eigenvalue weighted by molar-refractivity contribution is 0.409. The highest BCUT2D eigenvalue weighted by Crippen LogP contribution is 2.26. The van der Waals surface area contributed by atoms with Crippen molar-refractivity contribution in [3.8, 4) is 0 Å². The summed E-state index contributed by atoms with van der Waals surface area (Å²) in [5, 5.41) is 7.89. The van der Waals surface area contributed by atoms with Gasteiger partial charge < -0.3 is 5.32 Å². The molecule has 3 nitrogen and oxygen atoms in total. The lowest BCUT2D eigenvalue weighted by atomic mass is 10.0. The molecule has 0 aliphatic heterocycles. The normalized spacial score (nSPS) is 14.0. The van der Waals surface area contributed by atoms with Gasteiger partial charge >= 0.3 is 0 Å². The quantitative estimate of drug-likeness (QED) is 0.901. The Morgan fingerprint density at radius 2 is 2.12 bits per heavy atom. The van der Waals surface area contributed by atoms with Gasteiger partial charge in [-0.15, -0.1) is 0 Å². The first-order chi connectivity index (χ1) is 7.85. The molecule has 1 atom stereocenters. The van der Waals surface area contributed by atoms with Gasteiger partial charge in [0.1, 0.15) is 0 Å². The summed E-state index contributed by atoms with van der Waals surface area (Å²) < 4.78 is 3.20. The summed E-state index contributed by atoms with van der Waals surface area (Å²) in [7, 11) is 0. The Labute approximate surface area is 113 Å². The molecule has 0 bridgehead atoms. The maximum Gasteiger partial charge on any atom is 0.0635 e. The molecule has 98 valence electrons. The summed E-state index contributed by atoms with van der Waals surface area (Å²) in [5.41, 5.74) is 1.50. The smallest absolute Gasteiger partial charge is 0.0635 e. The fraction of sp³-hybridized carbons (Fsp3) is 0.769. The Morgan fingerprint density at radius 1 is 1.47 bits per heavy atom. The maximum atomic E-state index is 4.36. The molecule has 0 spiro atoms. The molecule has 0 aromatic carbocycles. The Kier molecular flexibility index (Phi) is 5.20. The van der Waals surface area contributed by atoms with Gasteiger partial charge in [-0.05, 0) is 56.6 Å². The molecule has 0 saturated heterocycles. The van der Waals surface area contributed by atoms with Crippen LogP contribution in [-0.2, 0) is 6.54 Å². The van der Waals surface area contributed by atoms with E-state index in [1.165, 1.54) is 5.69 Å². The lowest BCUT2D eigenvalue weighted by Gasteiger charge is -2.22. The first-order valence-electron chi connectivity index (χ1n) is 6.31. The number of nitrogens with one attached hydrogen (secondary N) is 1. The molecule has 1 unspecified atom stereocenters. The van der Waals surface area contributed by atoms with Crippen LogP contribution in [0.25, 0.3) is 0 Å². The molecule has 1 heterocycles. The van der Waals surface area contributed by atoms with Crippen LogP contribution in [0.2, 0.25) is 0 Å². The van der Waals surface area contributed by atoms with E-state index in [9.17, 15) is 0 Å². The number of nitrogens with zero attached hydrogens (tertiary/aromatic N) is 2.